The number of aromatic nitrogens is 1. The predicted molar refractivity (Wildman–Crippen MR) is 124 cm³/mol. The molecule has 0 atom stereocenters. The zero-order valence-corrected chi connectivity index (χ0v) is 18.5. The molecular formula is C24H23N3O3S. The number of para-hydroxylation sites is 2. The molecule has 0 aliphatic heterocycles. The normalized spacial score (nSPS) is 12.3. The van der Waals surface area contributed by atoms with Crippen LogP contribution in [0, 0.1) is 18.3 Å². The smallest absolute Gasteiger partial charge is 0.269 e. The topological polar surface area (TPSA) is 84.1 Å². The minimum Gasteiger partial charge on any atom is -0.492 e. The van der Waals surface area contributed by atoms with E-state index in [2.05, 4.69) is 5.32 Å². The summed E-state index contributed by atoms with van der Waals surface area (Å²) in [4.78, 5) is 25.9. The molecule has 0 radical (unpaired) electrons. The molecule has 0 spiro atoms. The van der Waals surface area contributed by atoms with Gasteiger partial charge in [0.25, 0.3) is 11.5 Å². The van der Waals surface area contributed by atoms with Gasteiger partial charge in [-0.15, -0.1) is 11.3 Å². The number of ether oxygens (including phenoxy) is 1. The molecule has 1 heterocycles. The van der Waals surface area contributed by atoms with Gasteiger partial charge in [-0.1, -0.05) is 42.0 Å². The lowest BCUT2D eigenvalue weighted by Gasteiger charge is -2.10. The van der Waals surface area contributed by atoms with Gasteiger partial charge in [0.1, 0.15) is 16.5 Å². The summed E-state index contributed by atoms with van der Waals surface area (Å²) in [5.41, 5.74) is 2.11. The summed E-state index contributed by atoms with van der Waals surface area (Å²) in [5.74, 6) is -0.0663. The number of hydrogen-bond donors (Lipinski definition) is 1. The van der Waals surface area contributed by atoms with E-state index >= 15 is 0 Å². The van der Waals surface area contributed by atoms with Crippen LogP contribution < -0.4 is 24.8 Å². The summed E-state index contributed by atoms with van der Waals surface area (Å²) in [6.45, 7) is 6.43. The molecule has 1 amide bonds. The van der Waals surface area contributed by atoms with E-state index in [1.807, 2.05) is 51.1 Å². The van der Waals surface area contributed by atoms with Crippen molar-refractivity contribution in [2.45, 2.75) is 27.3 Å². The Bertz CT molecular complexity index is 1330. The molecule has 6 nitrogen and oxygen atoms in total. The summed E-state index contributed by atoms with van der Waals surface area (Å²) >= 11 is 1.14. The molecule has 0 saturated carbocycles. The van der Waals surface area contributed by atoms with E-state index in [-0.39, 0.29) is 11.1 Å². The largest absolute Gasteiger partial charge is 0.492 e. The van der Waals surface area contributed by atoms with Gasteiger partial charge in [-0.25, -0.2) is 0 Å². The summed E-state index contributed by atoms with van der Waals surface area (Å²) in [5, 5.41) is 12.5. The Morgan fingerprint density at radius 2 is 2.00 bits per heavy atom. The maximum Gasteiger partial charge on any atom is 0.269 e. The average molecular weight is 434 g/mol. The Kier molecular flexibility index (Phi) is 7.06. The van der Waals surface area contributed by atoms with Gasteiger partial charge in [-0.3, -0.25) is 14.2 Å². The summed E-state index contributed by atoms with van der Waals surface area (Å²) in [6, 6.07) is 16.8. The van der Waals surface area contributed by atoms with Crippen LogP contribution in [0.5, 0.6) is 5.75 Å². The fraction of sp³-hybridized carbons (Fsp3) is 0.208. The second-order valence-electron chi connectivity index (χ2n) is 6.75. The van der Waals surface area contributed by atoms with Crippen molar-refractivity contribution in [3.63, 3.8) is 0 Å². The van der Waals surface area contributed by atoms with Gasteiger partial charge >= 0.3 is 0 Å². The number of nitrogens with one attached hydrogen (secondary N) is 1. The summed E-state index contributed by atoms with van der Waals surface area (Å²) in [7, 11) is 0. The Hall–Kier alpha value is -3.63. The Morgan fingerprint density at radius 3 is 2.68 bits per heavy atom. The molecule has 3 rings (SSSR count). The van der Waals surface area contributed by atoms with Gasteiger partial charge < -0.3 is 10.1 Å². The van der Waals surface area contributed by atoms with Gasteiger partial charge in [0.05, 0.1) is 16.8 Å². The van der Waals surface area contributed by atoms with Gasteiger partial charge in [-0.2, -0.15) is 5.26 Å². The van der Waals surface area contributed by atoms with Crippen LogP contribution in [0.1, 0.15) is 25.0 Å². The van der Waals surface area contributed by atoms with Crippen molar-refractivity contribution in [1.29, 1.82) is 5.26 Å². The molecule has 7 heteroatoms. The van der Waals surface area contributed by atoms with Crippen molar-refractivity contribution >= 4 is 34.6 Å². The van der Waals surface area contributed by atoms with Crippen molar-refractivity contribution < 1.29 is 9.53 Å². The predicted octanol–water partition coefficient (Wildman–Crippen LogP) is 2.78. The number of anilines is 1. The maximum absolute atomic E-state index is 12.9. The van der Waals surface area contributed by atoms with Crippen molar-refractivity contribution in [3.05, 3.63) is 79.2 Å². The molecule has 3 aromatic rings. The number of carbonyl (C=O) groups excluding carboxylic acids is 1. The highest BCUT2D eigenvalue weighted by Crippen LogP contribution is 2.24. The highest BCUT2D eigenvalue weighted by atomic mass is 32.1. The van der Waals surface area contributed by atoms with E-state index in [1.165, 1.54) is 4.57 Å². The fourth-order valence-electron chi connectivity index (χ4n) is 3.14. The first kappa shape index (κ1) is 22.1. The first-order valence-electron chi connectivity index (χ1n) is 9.94. The molecule has 0 aliphatic rings. The Balaban J connectivity index is 2.12. The van der Waals surface area contributed by atoms with E-state index in [1.54, 1.807) is 30.3 Å². The molecule has 1 N–H and O–H groups in total. The number of benzene rings is 2. The van der Waals surface area contributed by atoms with Crippen LogP contribution >= 0.6 is 11.3 Å². The third-order valence-corrected chi connectivity index (χ3v) is 5.68. The standard InChI is InChI=1S/C24H23N3O3S/c1-4-27-23(29)21(14-17-10-8-9-16(3)13-17)31-24(27)18(15-25)22(28)26-19-11-6-7-12-20(19)30-5-2/h6-14H,4-5H2,1-3H3,(H,26,28)/b21-14-,24-18-. The lowest BCUT2D eigenvalue weighted by Crippen LogP contribution is -2.33. The fourth-order valence-corrected chi connectivity index (χ4v) is 4.30. The molecule has 0 aliphatic carbocycles. The van der Waals surface area contributed by atoms with E-state index in [4.69, 9.17) is 4.74 Å². The highest BCUT2D eigenvalue weighted by molar-refractivity contribution is 7.07. The van der Waals surface area contributed by atoms with Crippen LogP contribution in [0.3, 0.4) is 0 Å². The third-order valence-electron chi connectivity index (χ3n) is 4.55. The summed E-state index contributed by atoms with van der Waals surface area (Å²) in [6.07, 6.45) is 1.78. The number of nitriles is 1. The molecular weight excluding hydrogens is 410 g/mol. The molecule has 0 unspecified atom stereocenters. The first-order chi connectivity index (χ1) is 15.0. The van der Waals surface area contributed by atoms with Gasteiger partial charge in [0, 0.05) is 6.54 Å². The van der Waals surface area contributed by atoms with E-state index < -0.39 is 5.91 Å². The summed E-state index contributed by atoms with van der Waals surface area (Å²) < 4.78 is 7.80. The van der Waals surface area contributed by atoms with Crippen LogP contribution in [0.4, 0.5) is 5.69 Å². The van der Waals surface area contributed by atoms with E-state index in [0.29, 0.717) is 33.8 Å². The second-order valence-corrected chi connectivity index (χ2v) is 7.78. The van der Waals surface area contributed by atoms with Crippen LogP contribution in [-0.4, -0.2) is 17.1 Å². The zero-order chi connectivity index (χ0) is 22.4. The SMILES string of the molecule is CCOc1ccccc1NC(=O)/C(C#N)=c1\s/c(=C\c2cccc(C)c2)c(=O)n1CC. The minimum atomic E-state index is -0.583. The van der Waals surface area contributed by atoms with Crippen LogP contribution in [-0.2, 0) is 11.3 Å². The van der Waals surface area contributed by atoms with Gasteiger partial charge in [0.2, 0.25) is 0 Å². The Morgan fingerprint density at radius 1 is 1.23 bits per heavy atom. The van der Waals surface area contributed by atoms with Crippen molar-refractivity contribution in [2.75, 3.05) is 11.9 Å². The number of thiazole rings is 1. The lowest BCUT2D eigenvalue weighted by atomic mass is 10.1. The number of aryl methyl sites for hydroxylation is 1. The number of carbonyl (C=O) groups is 1. The van der Waals surface area contributed by atoms with E-state index in [0.717, 1.165) is 22.5 Å². The zero-order valence-electron chi connectivity index (χ0n) is 17.6. The van der Waals surface area contributed by atoms with E-state index in [9.17, 15) is 14.9 Å². The third kappa shape index (κ3) is 4.93. The number of nitrogens with zero attached hydrogens (tertiary/aromatic N) is 2. The van der Waals surface area contributed by atoms with Gasteiger partial charge in [0.15, 0.2) is 5.57 Å². The number of amides is 1. The molecule has 0 bridgehead atoms. The number of hydrogen-bond acceptors (Lipinski definition) is 5. The minimum absolute atomic E-state index is 0.112. The van der Waals surface area contributed by atoms with Gasteiger partial charge in [-0.05, 0) is 44.5 Å². The molecule has 31 heavy (non-hydrogen) atoms. The quantitative estimate of drug-likeness (QED) is 0.648. The average Bonchev–Trinajstić information content (AvgIpc) is 3.05. The van der Waals surface area contributed by atoms with Crippen molar-refractivity contribution in [2.24, 2.45) is 0 Å². The molecule has 0 saturated heterocycles. The van der Waals surface area contributed by atoms with Crippen LogP contribution in [0.15, 0.2) is 53.3 Å². The monoisotopic (exact) mass is 433 g/mol. The molecule has 2 aromatic carbocycles. The molecule has 1 aromatic heterocycles. The lowest BCUT2D eigenvalue weighted by molar-refractivity contribution is -0.111. The molecule has 158 valence electrons. The number of rotatable bonds is 6. The van der Waals surface area contributed by atoms with Crippen molar-refractivity contribution in [1.82, 2.24) is 4.57 Å². The van der Waals surface area contributed by atoms with Crippen LogP contribution in [0.2, 0.25) is 0 Å². The first-order valence-corrected chi connectivity index (χ1v) is 10.8. The molecule has 0 fully saturated rings. The maximum atomic E-state index is 12.9. The second kappa shape index (κ2) is 9.92. The van der Waals surface area contributed by atoms with Crippen LogP contribution in [0.25, 0.3) is 11.6 Å². The Labute approximate surface area is 184 Å². The van der Waals surface area contributed by atoms with Crippen molar-refractivity contribution in [3.8, 4) is 11.8 Å². The highest BCUT2D eigenvalue weighted by Gasteiger charge is 2.17.